The number of benzene rings is 2. The highest BCUT2D eigenvalue weighted by atomic mass is 32.2. The van der Waals surface area contributed by atoms with Crippen LogP contribution in [0.4, 0.5) is 14.5 Å². The van der Waals surface area contributed by atoms with Gasteiger partial charge in [0, 0.05) is 52.2 Å². The largest absolute Gasteiger partial charge is 0.358 e. The van der Waals surface area contributed by atoms with Crippen LogP contribution >= 0.6 is 0 Å². The molecule has 0 saturated carbocycles. The molecule has 0 aliphatic carbocycles. The number of amides is 2. The first-order chi connectivity index (χ1) is 17.6. The monoisotopic (exact) mass is 524 g/mol. The zero-order chi connectivity index (χ0) is 26.4. The molecule has 1 saturated heterocycles. The minimum atomic E-state index is -1.75. The summed E-state index contributed by atoms with van der Waals surface area (Å²) in [5.41, 5.74) is 9.69. The van der Waals surface area contributed by atoms with E-state index in [1.54, 1.807) is 29.2 Å². The second-order valence-corrected chi connectivity index (χ2v) is 10.8. The van der Waals surface area contributed by atoms with Crippen molar-refractivity contribution in [3.63, 3.8) is 0 Å². The Morgan fingerprint density at radius 1 is 1.22 bits per heavy atom. The van der Waals surface area contributed by atoms with Crippen LogP contribution in [0.5, 0.6) is 0 Å². The van der Waals surface area contributed by atoms with E-state index >= 15 is 0 Å². The standard InChI is InChI=1S/C27H26F2N4O3S/c1-14-24(31-15(2)25(14)27(35)33-9-8-16(30)12-33)11-19-18-10-17(6-7-23(18)32-26(19)34)37(36)13-20-21(28)4-3-5-22(20)29/h3-7,10-11,16,31H,8-9,12-13,30H2,1-2H3,(H,32,34)/b19-11-/t16-,37?/m0/s1. The zero-order valence-electron chi connectivity index (χ0n) is 20.4. The molecule has 2 amide bonds. The smallest absolute Gasteiger partial charge is 0.256 e. The SMILES string of the molecule is Cc1[nH]c(/C=C2\C(=O)Nc3ccc(S(=O)Cc4c(F)cccc4F)cc32)c(C)c1C(=O)N1CC[C@H](N)C1. The van der Waals surface area contributed by atoms with E-state index in [9.17, 15) is 22.6 Å². The Morgan fingerprint density at radius 2 is 1.95 bits per heavy atom. The van der Waals surface area contributed by atoms with Crippen LogP contribution in [0.25, 0.3) is 11.6 Å². The number of carbonyl (C=O) groups is 2. The van der Waals surface area contributed by atoms with Gasteiger partial charge in [0.2, 0.25) is 0 Å². The van der Waals surface area contributed by atoms with Crippen LogP contribution in [0, 0.1) is 25.5 Å². The number of likely N-dealkylation sites (tertiary alicyclic amines) is 1. The van der Waals surface area contributed by atoms with Gasteiger partial charge in [-0.15, -0.1) is 0 Å². The number of halogens is 2. The number of aromatic nitrogens is 1. The summed E-state index contributed by atoms with van der Waals surface area (Å²) in [6.07, 6.45) is 2.43. The molecule has 2 aliphatic heterocycles. The third kappa shape index (κ3) is 4.62. The van der Waals surface area contributed by atoms with Crippen molar-refractivity contribution < 1.29 is 22.6 Å². The lowest BCUT2D eigenvalue weighted by Crippen LogP contribution is -2.32. The minimum absolute atomic E-state index is 0.0293. The van der Waals surface area contributed by atoms with E-state index < -0.39 is 22.4 Å². The Morgan fingerprint density at radius 3 is 2.62 bits per heavy atom. The molecule has 37 heavy (non-hydrogen) atoms. The topological polar surface area (TPSA) is 108 Å². The van der Waals surface area contributed by atoms with Gasteiger partial charge in [-0.25, -0.2) is 8.78 Å². The molecule has 192 valence electrons. The highest BCUT2D eigenvalue weighted by molar-refractivity contribution is 7.84. The number of fused-ring (bicyclic) bond motifs is 1. The van der Waals surface area contributed by atoms with Crippen LogP contribution in [0.15, 0.2) is 41.3 Å². The lowest BCUT2D eigenvalue weighted by atomic mass is 10.0. The Bertz CT molecular complexity index is 1480. The number of hydrogen-bond donors (Lipinski definition) is 3. The number of hydrogen-bond acceptors (Lipinski definition) is 4. The molecule has 1 unspecified atom stereocenters. The highest BCUT2D eigenvalue weighted by Crippen LogP contribution is 2.36. The molecular weight excluding hydrogens is 498 g/mol. The second kappa shape index (κ2) is 9.68. The van der Waals surface area contributed by atoms with Gasteiger partial charge in [0.1, 0.15) is 11.6 Å². The Balaban J connectivity index is 1.46. The molecule has 2 aliphatic rings. The Kier molecular flexibility index (Phi) is 6.55. The Labute approximate surface area is 215 Å². The van der Waals surface area contributed by atoms with Gasteiger partial charge in [-0.1, -0.05) is 6.07 Å². The molecule has 4 N–H and O–H groups in total. The van der Waals surface area contributed by atoms with Crippen LogP contribution in [-0.4, -0.2) is 45.0 Å². The van der Waals surface area contributed by atoms with Crippen molar-refractivity contribution in [2.75, 3.05) is 18.4 Å². The summed E-state index contributed by atoms with van der Waals surface area (Å²) in [4.78, 5) is 31.2. The molecule has 0 radical (unpaired) electrons. The molecular formula is C27H26F2N4O3S. The fourth-order valence-electron chi connectivity index (χ4n) is 4.85. The third-order valence-electron chi connectivity index (χ3n) is 6.86. The maximum absolute atomic E-state index is 14.1. The van der Waals surface area contributed by atoms with Gasteiger partial charge in [0.25, 0.3) is 11.8 Å². The van der Waals surface area contributed by atoms with Gasteiger partial charge in [-0.05, 0) is 62.2 Å². The summed E-state index contributed by atoms with van der Waals surface area (Å²) in [5, 5.41) is 2.79. The van der Waals surface area contributed by atoms with Crippen molar-refractivity contribution in [3.05, 3.63) is 81.7 Å². The fraction of sp³-hybridized carbons (Fsp3) is 0.259. The van der Waals surface area contributed by atoms with Crippen molar-refractivity contribution in [2.45, 2.75) is 37.0 Å². The van der Waals surface area contributed by atoms with Gasteiger partial charge < -0.3 is 20.9 Å². The van der Waals surface area contributed by atoms with E-state index in [-0.39, 0.29) is 29.2 Å². The fourth-order valence-corrected chi connectivity index (χ4v) is 6.02. The van der Waals surface area contributed by atoms with Gasteiger partial charge >= 0.3 is 0 Å². The highest BCUT2D eigenvalue weighted by Gasteiger charge is 2.30. The number of anilines is 1. The van der Waals surface area contributed by atoms with E-state index in [4.69, 9.17) is 5.73 Å². The number of rotatable bonds is 5. The van der Waals surface area contributed by atoms with Crippen LogP contribution in [0.3, 0.4) is 0 Å². The number of aryl methyl sites for hydroxylation is 1. The first-order valence-corrected chi connectivity index (χ1v) is 13.2. The van der Waals surface area contributed by atoms with Crippen molar-refractivity contribution in [3.8, 4) is 0 Å². The van der Waals surface area contributed by atoms with E-state index in [1.807, 2.05) is 13.8 Å². The summed E-state index contributed by atoms with van der Waals surface area (Å²) in [5.74, 6) is -2.30. The third-order valence-corrected chi connectivity index (χ3v) is 8.20. The molecule has 1 fully saturated rings. The molecule has 2 atom stereocenters. The predicted molar refractivity (Wildman–Crippen MR) is 138 cm³/mol. The average Bonchev–Trinajstić information content (AvgIpc) is 3.51. The van der Waals surface area contributed by atoms with Gasteiger partial charge in [0.15, 0.2) is 0 Å². The van der Waals surface area contributed by atoms with Crippen molar-refractivity contribution in [1.82, 2.24) is 9.88 Å². The van der Waals surface area contributed by atoms with Gasteiger partial charge in [0.05, 0.1) is 27.7 Å². The van der Waals surface area contributed by atoms with Crippen molar-refractivity contribution >= 4 is 40.0 Å². The molecule has 1 aromatic heterocycles. The molecule has 10 heteroatoms. The first-order valence-electron chi connectivity index (χ1n) is 11.9. The van der Waals surface area contributed by atoms with Crippen LogP contribution in [-0.2, 0) is 21.3 Å². The van der Waals surface area contributed by atoms with E-state index in [0.717, 1.165) is 18.6 Å². The minimum Gasteiger partial charge on any atom is -0.358 e. The number of carbonyl (C=O) groups excluding carboxylic acids is 2. The predicted octanol–water partition coefficient (Wildman–Crippen LogP) is 3.88. The first kappa shape index (κ1) is 25.0. The molecule has 0 spiro atoms. The summed E-state index contributed by atoms with van der Waals surface area (Å²) < 4.78 is 41.1. The molecule has 3 heterocycles. The number of nitrogens with two attached hydrogens (primary N) is 1. The van der Waals surface area contributed by atoms with E-state index in [0.29, 0.717) is 57.3 Å². The van der Waals surface area contributed by atoms with Crippen LogP contribution in [0.1, 0.15) is 44.9 Å². The van der Waals surface area contributed by atoms with Crippen molar-refractivity contribution in [1.29, 1.82) is 0 Å². The molecule has 3 aromatic rings. The average molecular weight is 525 g/mol. The van der Waals surface area contributed by atoms with Crippen LogP contribution < -0.4 is 11.1 Å². The summed E-state index contributed by atoms with van der Waals surface area (Å²) in [7, 11) is -1.75. The Hall–Kier alpha value is -3.63. The number of nitrogens with one attached hydrogen (secondary N) is 2. The van der Waals surface area contributed by atoms with Gasteiger partial charge in [-0.3, -0.25) is 13.8 Å². The molecule has 5 rings (SSSR count). The van der Waals surface area contributed by atoms with Crippen molar-refractivity contribution in [2.24, 2.45) is 5.73 Å². The lowest BCUT2D eigenvalue weighted by molar-refractivity contribution is -0.110. The normalized spacial score (nSPS) is 18.8. The maximum atomic E-state index is 14.1. The maximum Gasteiger partial charge on any atom is 0.256 e. The summed E-state index contributed by atoms with van der Waals surface area (Å²) in [6, 6.07) is 8.26. The molecule has 7 nitrogen and oxygen atoms in total. The summed E-state index contributed by atoms with van der Waals surface area (Å²) >= 11 is 0. The number of nitrogens with zero attached hydrogens (tertiary/aromatic N) is 1. The number of H-pyrrole nitrogens is 1. The molecule has 0 bridgehead atoms. The lowest BCUT2D eigenvalue weighted by Gasteiger charge is -2.16. The number of aromatic amines is 1. The van der Waals surface area contributed by atoms with E-state index in [2.05, 4.69) is 10.3 Å². The van der Waals surface area contributed by atoms with Crippen LogP contribution in [0.2, 0.25) is 0 Å². The van der Waals surface area contributed by atoms with Gasteiger partial charge in [-0.2, -0.15) is 0 Å². The molecule has 2 aromatic carbocycles. The van der Waals surface area contributed by atoms with E-state index in [1.165, 1.54) is 6.07 Å². The summed E-state index contributed by atoms with van der Waals surface area (Å²) in [6.45, 7) is 4.74. The quantitative estimate of drug-likeness (QED) is 0.440. The zero-order valence-corrected chi connectivity index (χ0v) is 21.2. The second-order valence-electron chi connectivity index (χ2n) is 9.37.